The van der Waals surface area contributed by atoms with E-state index in [2.05, 4.69) is 5.32 Å². The lowest BCUT2D eigenvalue weighted by Gasteiger charge is -2.38. The molecule has 1 aromatic carbocycles. The molecule has 1 aromatic rings. The van der Waals surface area contributed by atoms with Crippen molar-refractivity contribution < 1.29 is 23.8 Å². The third-order valence-corrected chi connectivity index (χ3v) is 5.82. The Hall–Kier alpha value is -2.12. The first-order chi connectivity index (χ1) is 13.0. The van der Waals surface area contributed by atoms with E-state index >= 15 is 0 Å². The second-order valence-corrected chi connectivity index (χ2v) is 7.64. The number of amides is 2. The lowest BCUT2D eigenvalue weighted by molar-refractivity contribution is -0.188. The maximum atomic E-state index is 13.1. The number of carbonyl (C=O) groups is 2. The summed E-state index contributed by atoms with van der Waals surface area (Å²) in [4.78, 5) is 27.8. The van der Waals surface area contributed by atoms with E-state index in [9.17, 15) is 9.59 Å². The van der Waals surface area contributed by atoms with Gasteiger partial charge in [-0.05, 0) is 37.5 Å². The van der Waals surface area contributed by atoms with Crippen LogP contribution in [0.1, 0.15) is 31.2 Å². The molecule has 7 heteroatoms. The number of piperidine rings is 1. The molecule has 3 aliphatic rings. The fourth-order valence-corrected chi connectivity index (χ4v) is 3.96. The van der Waals surface area contributed by atoms with E-state index in [0.717, 1.165) is 5.56 Å². The number of benzene rings is 1. The molecule has 1 saturated carbocycles. The van der Waals surface area contributed by atoms with Gasteiger partial charge >= 0.3 is 0 Å². The molecular weight excluding hydrogens is 348 g/mol. The summed E-state index contributed by atoms with van der Waals surface area (Å²) >= 11 is 0. The van der Waals surface area contributed by atoms with Crippen LogP contribution in [0.4, 0.5) is 5.69 Å². The zero-order valence-electron chi connectivity index (χ0n) is 15.9. The summed E-state index contributed by atoms with van der Waals surface area (Å²) in [6, 6.07) is 5.60. The molecule has 1 aliphatic carbocycles. The smallest absolute Gasteiger partial charge is 0.240 e. The van der Waals surface area contributed by atoms with Gasteiger partial charge in [0.05, 0.1) is 26.0 Å². The minimum absolute atomic E-state index is 0.0838. The average molecular weight is 374 g/mol. The maximum absolute atomic E-state index is 13.1. The third kappa shape index (κ3) is 3.30. The highest BCUT2D eigenvalue weighted by molar-refractivity contribution is 6.13. The van der Waals surface area contributed by atoms with Gasteiger partial charge in [0.25, 0.3) is 0 Å². The van der Waals surface area contributed by atoms with Gasteiger partial charge in [-0.1, -0.05) is 6.07 Å². The van der Waals surface area contributed by atoms with Gasteiger partial charge in [0.15, 0.2) is 5.79 Å². The second-order valence-electron chi connectivity index (χ2n) is 7.64. The van der Waals surface area contributed by atoms with Crippen LogP contribution in [0.2, 0.25) is 0 Å². The molecule has 0 unspecified atom stereocenters. The van der Waals surface area contributed by atoms with Gasteiger partial charge in [0.1, 0.15) is 11.2 Å². The predicted octanol–water partition coefficient (Wildman–Crippen LogP) is 2.09. The lowest BCUT2D eigenvalue weighted by atomic mass is 9.98. The number of nitrogens with zero attached hydrogens (tertiary/aromatic N) is 1. The Morgan fingerprint density at radius 2 is 1.78 bits per heavy atom. The number of likely N-dealkylation sites (tertiary alicyclic amines) is 1. The standard InChI is InChI=1S/C20H26N2O5/c1-14-3-4-16(25-2)15(13-14)21-17(23)19(5-6-19)18(24)22-9-7-20(8-10-22)26-11-12-27-20/h3-4,13H,5-12H2,1-2H3,(H,21,23). The summed E-state index contributed by atoms with van der Waals surface area (Å²) in [5.41, 5.74) is 0.670. The van der Waals surface area contributed by atoms with Gasteiger partial charge in [-0.3, -0.25) is 9.59 Å². The minimum Gasteiger partial charge on any atom is -0.495 e. The quantitative estimate of drug-likeness (QED) is 0.817. The first-order valence-electron chi connectivity index (χ1n) is 9.51. The Balaban J connectivity index is 1.43. The van der Waals surface area contributed by atoms with Crippen molar-refractivity contribution in [2.24, 2.45) is 5.41 Å². The Bertz CT molecular complexity index is 743. The topological polar surface area (TPSA) is 77.1 Å². The highest BCUT2D eigenvalue weighted by Crippen LogP contribution is 2.49. The first kappa shape index (κ1) is 18.3. The van der Waals surface area contributed by atoms with E-state index < -0.39 is 11.2 Å². The van der Waals surface area contributed by atoms with Crippen LogP contribution in [0.25, 0.3) is 0 Å². The molecule has 27 heavy (non-hydrogen) atoms. The molecule has 0 radical (unpaired) electrons. The zero-order chi connectivity index (χ0) is 19.1. The van der Waals surface area contributed by atoms with Crippen LogP contribution in [-0.2, 0) is 19.1 Å². The average Bonchev–Trinajstić information content (AvgIpc) is 3.37. The van der Waals surface area contributed by atoms with Crippen LogP contribution in [0.15, 0.2) is 18.2 Å². The molecule has 2 heterocycles. The monoisotopic (exact) mass is 374 g/mol. The van der Waals surface area contributed by atoms with Gasteiger partial charge in [0.2, 0.25) is 11.8 Å². The van der Waals surface area contributed by atoms with Crippen molar-refractivity contribution in [2.45, 2.75) is 38.4 Å². The number of carbonyl (C=O) groups excluding carboxylic acids is 2. The Morgan fingerprint density at radius 1 is 1.11 bits per heavy atom. The van der Waals surface area contributed by atoms with E-state index in [1.165, 1.54) is 0 Å². The first-order valence-corrected chi connectivity index (χ1v) is 9.51. The van der Waals surface area contributed by atoms with Crippen LogP contribution in [-0.4, -0.2) is 55.9 Å². The number of ether oxygens (including phenoxy) is 3. The number of rotatable bonds is 4. The number of hydrogen-bond donors (Lipinski definition) is 1. The molecule has 0 aromatic heterocycles. The molecule has 2 amide bonds. The van der Waals surface area contributed by atoms with Gasteiger partial charge < -0.3 is 24.4 Å². The van der Waals surface area contributed by atoms with Crippen molar-refractivity contribution in [1.29, 1.82) is 0 Å². The fourth-order valence-electron chi connectivity index (χ4n) is 3.96. The largest absolute Gasteiger partial charge is 0.495 e. The summed E-state index contributed by atoms with van der Waals surface area (Å²) in [6.07, 6.45) is 2.48. The molecule has 7 nitrogen and oxygen atoms in total. The number of hydrogen-bond acceptors (Lipinski definition) is 5. The maximum Gasteiger partial charge on any atom is 0.240 e. The van der Waals surface area contributed by atoms with Gasteiger partial charge in [-0.2, -0.15) is 0 Å². The van der Waals surface area contributed by atoms with Crippen molar-refractivity contribution in [3.8, 4) is 5.75 Å². The van der Waals surface area contributed by atoms with Crippen LogP contribution in [0.3, 0.4) is 0 Å². The van der Waals surface area contributed by atoms with E-state index in [1.807, 2.05) is 25.1 Å². The van der Waals surface area contributed by atoms with Crippen LogP contribution in [0, 0.1) is 12.3 Å². The second kappa shape index (κ2) is 6.80. The fraction of sp³-hybridized carbons (Fsp3) is 0.600. The summed E-state index contributed by atoms with van der Waals surface area (Å²) in [5.74, 6) is -0.262. The summed E-state index contributed by atoms with van der Waals surface area (Å²) < 4.78 is 16.8. The minimum atomic E-state index is -0.948. The number of aryl methyl sites for hydroxylation is 1. The van der Waals surface area contributed by atoms with Crippen LogP contribution < -0.4 is 10.1 Å². The van der Waals surface area contributed by atoms with Crippen LogP contribution >= 0.6 is 0 Å². The number of nitrogens with one attached hydrogen (secondary N) is 1. The van der Waals surface area contributed by atoms with E-state index in [1.54, 1.807) is 12.0 Å². The number of anilines is 1. The molecule has 146 valence electrons. The third-order valence-electron chi connectivity index (χ3n) is 5.82. The zero-order valence-corrected chi connectivity index (χ0v) is 15.9. The summed E-state index contributed by atoms with van der Waals surface area (Å²) in [7, 11) is 1.56. The molecule has 0 bridgehead atoms. The predicted molar refractivity (Wildman–Crippen MR) is 98.5 cm³/mol. The van der Waals surface area contributed by atoms with E-state index in [0.29, 0.717) is 63.4 Å². The van der Waals surface area contributed by atoms with Gasteiger partial charge in [-0.25, -0.2) is 0 Å². The van der Waals surface area contributed by atoms with Crippen molar-refractivity contribution in [3.05, 3.63) is 23.8 Å². The Labute approximate surface area is 158 Å². The van der Waals surface area contributed by atoms with Gasteiger partial charge in [0, 0.05) is 25.9 Å². The molecule has 1 N–H and O–H groups in total. The van der Waals surface area contributed by atoms with Crippen molar-refractivity contribution in [2.75, 3.05) is 38.7 Å². The molecule has 3 fully saturated rings. The highest BCUT2D eigenvalue weighted by Gasteiger charge is 2.59. The summed E-state index contributed by atoms with van der Waals surface area (Å²) in [5, 5.41) is 2.91. The molecule has 2 aliphatic heterocycles. The van der Waals surface area contributed by atoms with Crippen LogP contribution in [0.5, 0.6) is 5.75 Å². The van der Waals surface area contributed by atoms with E-state index in [-0.39, 0.29) is 11.8 Å². The summed E-state index contributed by atoms with van der Waals surface area (Å²) in [6.45, 7) is 4.28. The molecule has 1 spiro atoms. The Kier molecular flexibility index (Phi) is 4.60. The Morgan fingerprint density at radius 3 is 2.37 bits per heavy atom. The lowest BCUT2D eigenvalue weighted by Crippen LogP contribution is -2.51. The van der Waals surface area contributed by atoms with Crippen molar-refractivity contribution >= 4 is 17.5 Å². The van der Waals surface area contributed by atoms with E-state index in [4.69, 9.17) is 14.2 Å². The highest BCUT2D eigenvalue weighted by atomic mass is 16.7. The molecular formula is C20H26N2O5. The normalized spacial score (nSPS) is 22.5. The molecule has 2 saturated heterocycles. The van der Waals surface area contributed by atoms with Crippen molar-refractivity contribution in [3.63, 3.8) is 0 Å². The van der Waals surface area contributed by atoms with Crippen molar-refractivity contribution in [1.82, 2.24) is 4.90 Å². The SMILES string of the molecule is COc1ccc(C)cc1NC(=O)C1(C(=O)N2CCC3(CC2)OCCO3)CC1. The molecule has 0 atom stereocenters. The number of methoxy groups -OCH3 is 1. The van der Waals surface area contributed by atoms with Gasteiger partial charge in [-0.15, -0.1) is 0 Å². The molecule has 4 rings (SSSR count).